The lowest BCUT2D eigenvalue weighted by molar-refractivity contribution is -0.0488. The summed E-state index contributed by atoms with van der Waals surface area (Å²) in [6.45, 7) is 3.09. The van der Waals surface area contributed by atoms with Gasteiger partial charge < -0.3 is 4.74 Å². The Bertz CT molecular complexity index is 475. The van der Waals surface area contributed by atoms with Gasteiger partial charge in [-0.3, -0.25) is 0 Å². The monoisotopic (exact) mass is 238 g/mol. The number of benzene rings is 2. The van der Waals surface area contributed by atoms with Crippen molar-refractivity contribution in [2.75, 3.05) is 0 Å². The van der Waals surface area contributed by atoms with Crippen molar-refractivity contribution in [3.8, 4) is 5.75 Å². The fourth-order valence-corrected chi connectivity index (χ4v) is 1.68. The molecule has 0 spiro atoms. The van der Waals surface area contributed by atoms with Gasteiger partial charge in [0, 0.05) is 5.39 Å². The molecule has 0 bridgehead atoms. The highest BCUT2D eigenvalue weighted by Crippen LogP contribution is 2.29. The van der Waals surface area contributed by atoms with Crippen LogP contribution < -0.4 is 4.74 Å². The van der Waals surface area contributed by atoms with Crippen molar-refractivity contribution < 1.29 is 13.5 Å². The van der Waals surface area contributed by atoms with E-state index < -0.39 is 6.61 Å². The van der Waals surface area contributed by atoms with Crippen LogP contribution in [0.15, 0.2) is 36.4 Å². The van der Waals surface area contributed by atoms with E-state index in [9.17, 15) is 8.78 Å². The molecule has 0 N–H and O–H groups in total. The molecule has 0 fully saturated rings. The number of rotatable bonds is 2. The molecule has 17 heavy (non-hydrogen) atoms. The Hall–Kier alpha value is -1.64. The van der Waals surface area contributed by atoms with E-state index in [1.54, 1.807) is 12.1 Å². The standard InChI is InChI=1S/C12H10F2O.C2H6/c1-8-4-2-5-9-6-3-7-10(11(8)9)15-12(13)14;1-2/h2-7,12H,1H3;1-2H3. The van der Waals surface area contributed by atoms with Crippen LogP contribution in [0.3, 0.4) is 0 Å². The maximum Gasteiger partial charge on any atom is 0.387 e. The van der Waals surface area contributed by atoms with Gasteiger partial charge in [0.2, 0.25) is 0 Å². The molecule has 3 heteroatoms. The van der Waals surface area contributed by atoms with Crippen molar-refractivity contribution in [2.45, 2.75) is 27.4 Å². The van der Waals surface area contributed by atoms with Gasteiger partial charge in [-0.2, -0.15) is 8.78 Å². The molecule has 2 aromatic rings. The molecular formula is C14H16F2O. The predicted octanol–water partition coefficient (Wildman–Crippen LogP) is 4.78. The van der Waals surface area contributed by atoms with Crippen LogP contribution in [-0.4, -0.2) is 6.61 Å². The first-order chi connectivity index (χ1) is 8.18. The molecule has 2 rings (SSSR count). The van der Waals surface area contributed by atoms with Crippen molar-refractivity contribution in [2.24, 2.45) is 0 Å². The van der Waals surface area contributed by atoms with Gasteiger partial charge in [0.05, 0.1) is 0 Å². The van der Waals surface area contributed by atoms with Crippen molar-refractivity contribution in [3.05, 3.63) is 42.0 Å². The first-order valence-corrected chi connectivity index (χ1v) is 5.61. The highest BCUT2D eigenvalue weighted by Gasteiger charge is 2.09. The fraction of sp³-hybridized carbons (Fsp3) is 0.286. The summed E-state index contributed by atoms with van der Waals surface area (Å²) in [4.78, 5) is 0. The van der Waals surface area contributed by atoms with Crippen LogP contribution >= 0.6 is 0 Å². The smallest absolute Gasteiger partial charge is 0.387 e. The van der Waals surface area contributed by atoms with Crippen molar-refractivity contribution in [1.82, 2.24) is 0 Å². The second-order valence-corrected chi connectivity index (χ2v) is 3.31. The Morgan fingerprint density at radius 3 is 2.18 bits per heavy atom. The number of aryl methyl sites for hydroxylation is 1. The Morgan fingerprint density at radius 1 is 1.00 bits per heavy atom. The molecule has 0 radical (unpaired) electrons. The summed E-state index contributed by atoms with van der Waals surface area (Å²) in [7, 11) is 0. The molecule has 0 aromatic heterocycles. The van der Waals surface area contributed by atoms with Crippen LogP contribution in [0.25, 0.3) is 10.8 Å². The average Bonchev–Trinajstić information content (AvgIpc) is 2.31. The number of ether oxygens (including phenoxy) is 1. The predicted molar refractivity (Wildman–Crippen MR) is 66.7 cm³/mol. The largest absolute Gasteiger partial charge is 0.434 e. The molecule has 92 valence electrons. The molecule has 0 amide bonds. The van der Waals surface area contributed by atoms with Gasteiger partial charge >= 0.3 is 6.61 Å². The molecule has 1 nitrogen and oxygen atoms in total. The third kappa shape index (κ3) is 3.16. The Kier molecular flexibility index (Phi) is 4.88. The Labute approximate surface area is 100 Å². The second kappa shape index (κ2) is 6.18. The normalized spacial score (nSPS) is 10.0. The summed E-state index contributed by atoms with van der Waals surface area (Å²) in [5.41, 5.74) is 0.934. The van der Waals surface area contributed by atoms with E-state index in [-0.39, 0.29) is 5.75 Å². The fourth-order valence-electron chi connectivity index (χ4n) is 1.68. The maximum atomic E-state index is 12.2. The number of alkyl halides is 2. The zero-order valence-electron chi connectivity index (χ0n) is 10.2. The van der Waals surface area contributed by atoms with Crippen LogP contribution in [0.5, 0.6) is 5.75 Å². The molecular weight excluding hydrogens is 222 g/mol. The van der Waals surface area contributed by atoms with E-state index in [0.717, 1.165) is 16.3 Å². The van der Waals surface area contributed by atoms with E-state index in [0.29, 0.717) is 0 Å². The van der Waals surface area contributed by atoms with E-state index >= 15 is 0 Å². The minimum Gasteiger partial charge on any atom is -0.434 e. The number of fused-ring (bicyclic) bond motifs is 1. The highest BCUT2D eigenvalue weighted by molar-refractivity contribution is 5.91. The average molecular weight is 238 g/mol. The number of hydrogen-bond acceptors (Lipinski definition) is 1. The Balaban J connectivity index is 0.000000686. The molecule has 0 atom stereocenters. The van der Waals surface area contributed by atoms with Crippen LogP contribution in [0.1, 0.15) is 19.4 Å². The van der Waals surface area contributed by atoms with Crippen molar-refractivity contribution in [3.63, 3.8) is 0 Å². The molecule has 0 saturated heterocycles. The van der Waals surface area contributed by atoms with E-state index in [4.69, 9.17) is 0 Å². The summed E-state index contributed by atoms with van der Waals surface area (Å²) in [6.07, 6.45) is 0. The second-order valence-electron chi connectivity index (χ2n) is 3.31. The van der Waals surface area contributed by atoms with Crippen LogP contribution in [0, 0.1) is 6.92 Å². The zero-order valence-corrected chi connectivity index (χ0v) is 10.2. The summed E-state index contributed by atoms with van der Waals surface area (Å²) in [6, 6.07) is 10.8. The third-order valence-corrected chi connectivity index (χ3v) is 2.29. The number of halogens is 2. The zero-order chi connectivity index (χ0) is 12.8. The minimum atomic E-state index is -2.78. The topological polar surface area (TPSA) is 9.23 Å². The SMILES string of the molecule is CC.Cc1cccc2cccc(OC(F)F)c12. The first kappa shape index (κ1) is 13.4. The van der Waals surface area contributed by atoms with Gasteiger partial charge in [0.25, 0.3) is 0 Å². The summed E-state index contributed by atoms with van der Waals surface area (Å²) < 4.78 is 28.8. The van der Waals surface area contributed by atoms with Crippen molar-refractivity contribution in [1.29, 1.82) is 0 Å². The van der Waals surface area contributed by atoms with Gasteiger partial charge in [-0.15, -0.1) is 0 Å². The summed E-state index contributed by atoms with van der Waals surface area (Å²) >= 11 is 0. The van der Waals surface area contributed by atoms with Gasteiger partial charge in [-0.1, -0.05) is 44.2 Å². The van der Waals surface area contributed by atoms with Crippen molar-refractivity contribution >= 4 is 10.8 Å². The minimum absolute atomic E-state index is 0.237. The van der Waals surface area contributed by atoms with E-state index in [1.807, 2.05) is 45.0 Å². The molecule has 0 saturated carbocycles. The van der Waals surface area contributed by atoms with Gasteiger partial charge in [-0.05, 0) is 23.9 Å². The van der Waals surface area contributed by atoms with E-state index in [1.165, 1.54) is 0 Å². The Morgan fingerprint density at radius 2 is 1.59 bits per heavy atom. The molecule has 0 aliphatic heterocycles. The van der Waals surface area contributed by atoms with Crippen LogP contribution in [0.2, 0.25) is 0 Å². The lowest BCUT2D eigenvalue weighted by atomic mass is 10.0. The third-order valence-electron chi connectivity index (χ3n) is 2.29. The maximum absolute atomic E-state index is 12.2. The van der Waals surface area contributed by atoms with Gasteiger partial charge in [-0.25, -0.2) is 0 Å². The molecule has 2 aromatic carbocycles. The summed E-state index contributed by atoms with van der Waals surface area (Å²) in [5.74, 6) is 0.237. The van der Waals surface area contributed by atoms with Gasteiger partial charge in [0.1, 0.15) is 5.75 Å². The lowest BCUT2D eigenvalue weighted by Crippen LogP contribution is -2.02. The molecule has 0 aliphatic rings. The van der Waals surface area contributed by atoms with Crippen LogP contribution in [-0.2, 0) is 0 Å². The van der Waals surface area contributed by atoms with Crippen LogP contribution in [0.4, 0.5) is 8.78 Å². The quantitative estimate of drug-likeness (QED) is 0.731. The summed E-state index contributed by atoms with van der Waals surface area (Å²) in [5, 5.41) is 1.66. The van der Waals surface area contributed by atoms with Gasteiger partial charge in [0.15, 0.2) is 0 Å². The molecule has 0 unspecified atom stereocenters. The highest BCUT2D eigenvalue weighted by atomic mass is 19.3. The van der Waals surface area contributed by atoms with E-state index in [2.05, 4.69) is 4.74 Å². The first-order valence-electron chi connectivity index (χ1n) is 5.61. The lowest BCUT2D eigenvalue weighted by Gasteiger charge is -2.09. The molecule has 0 heterocycles. The number of hydrogen-bond donors (Lipinski definition) is 0. The molecule has 0 aliphatic carbocycles.